The highest BCUT2D eigenvalue weighted by atomic mass is 16.5. The number of ether oxygens (including phenoxy) is 1. The van der Waals surface area contributed by atoms with Crippen molar-refractivity contribution in [2.75, 3.05) is 39.3 Å². The lowest BCUT2D eigenvalue weighted by atomic mass is 10.0. The lowest BCUT2D eigenvalue weighted by Crippen LogP contribution is -2.46. The van der Waals surface area contributed by atoms with Crippen molar-refractivity contribution >= 4 is 5.97 Å². The first kappa shape index (κ1) is 19.7. The zero-order chi connectivity index (χ0) is 18.2. The fourth-order valence-corrected chi connectivity index (χ4v) is 3.68. The molecular formula is C20H32N2O3. The fraction of sp³-hybridized carbons (Fsp3) is 0.650. The maximum atomic E-state index is 10.9. The molecule has 0 aromatic heterocycles. The number of aliphatic carboxylic acids is 1. The van der Waals surface area contributed by atoms with Gasteiger partial charge in [-0.25, -0.2) is 0 Å². The zero-order valence-corrected chi connectivity index (χ0v) is 15.8. The Hall–Kier alpha value is -1.59. The van der Waals surface area contributed by atoms with E-state index >= 15 is 0 Å². The summed E-state index contributed by atoms with van der Waals surface area (Å²) in [5, 5.41) is 9.00. The van der Waals surface area contributed by atoms with Crippen LogP contribution in [0.2, 0.25) is 0 Å². The average molecular weight is 348 g/mol. The summed E-state index contributed by atoms with van der Waals surface area (Å²) < 4.78 is 5.88. The molecule has 0 bridgehead atoms. The summed E-state index contributed by atoms with van der Waals surface area (Å²) >= 11 is 0. The van der Waals surface area contributed by atoms with Crippen LogP contribution in [-0.2, 0) is 4.79 Å². The summed E-state index contributed by atoms with van der Waals surface area (Å²) in [6.07, 6.45) is 3.13. The number of carbonyl (C=O) groups is 1. The van der Waals surface area contributed by atoms with Gasteiger partial charge in [-0.3, -0.25) is 9.69 Å². The van der Waals surface area contributed by atoms with Gasteiger partial charge in [0.15, 0.2) is 0 Å². The Morgan fingerprint density at radius 2 is 1.88 bits per heavy atom. The number of carboxylic acid groups (broad SMARTS) is 1. The topological polar surface area (TPSA) is 53.0 Å². The third kappa shape index (κ3) is 6.67. The second-order valence-electron chi connectivity index (χ2n) is 7.06. The molecule has 1 fully saturated rings. The summed E-state index contributed by atoms with van der Waals surface area (Å²) in [6, 6.07) is 6.73. The largest absolute Gasteiger partial charge is 0.494 e. The van der Waals surface area contributed by atoms with Gasteiger partial charge in [0.05, 0.1) is 13.2 Å². The van der Waals surface area contributed by atoms with E-state index in [9.17, 15) is 4.79 Å². The van der Waals surface area contributed by atoms with Crippen LogP contribution >= 0.6 is 0 Å². The Kier molecular flexibility index (Phi) is 7.72. The Morgan fingerprint density at radius 3 is 2.44 bits per heavy atom. The summed E-state index contributed by atoms with van der Waals surface area (Å²) in [5.41, 5.74) is 2.47. The zero-order valence-electron chi connectivity index (χ0n) is 15.8. The Bertz CT molecular complexity index is 534. The van der Waals surface area contributed by atoms with Gasteiger partial charge in [-0.15, -0.1) is 0 Å². The van der Waals surface area contributed by atoms with Crippen molar-refractivity contribution in [3.63, 3.8) is 0 Å². The Morgan fingerprint density at radius 1 is 1.24 bits per heavy atom. The van der Waals surface area contributed by atoms with Crippen molar-refractivity contribution < 1.29 is 14.6 Å². The van der Waals surface area contributed by atoms with E-state index in [-0.39, 0.29) is 6.54 Å². The average Bonchev–Trinajstić information content (AvgIpc) is 2.56. The van der Waals surface area contributed by atoms with Crippen molar-refractivity contribution in [1.82, 2.24) is 9.80 Å². The van der Waals surface area contributed by atoms with Crippen molar-refractivity contribution in [2.45, 2.75) is 46.1 Å². The van der Waals surface area contributed by atoms with Gasteiger partial charge in [0.2, 0.25) is 0 Å². The molecule has 0 saturated carbocycles. The monoisotopic (exact) mass is 348 g/mol. The molecule has 0 atom stereocenters. The molecule has 0 spiro atoms. The molecule has 0 amide bonds. The molecule has 25 heavy (non-hydrogen) atoms. The minimum Gasteiger partial charge on any atom is -0.494 e. The molecule has 0 radical (unpaired) electrons. The van der Waals surface area contributed by atoms with E-state index < -0.39 is 5.97 Å². The number of benzene rings is 1. The maximum absolute atomic E-state index is 10.9. The molecule has 1 aromatic rings. The minimum absolute atomic E-state index is 0.158. The lowest BCUT2D eigenvalue weighted by Gasteiger charge is -2.37. The number of rotatable bonds is 9. The molecule has 1 saturated heterocycles. The molecular weight excluding hydrogens is 316 g/mol. The van der Waals surface area contributed by atoms with Gasteiger partial charge in [-0.2, -0.15) is 0 Å². The highest BCUT2D eigenvalue weighted by Gasteiger charge is 2.24. The predicted molar refractivity (Wildman–Crippen MR) is 100 cm³/mol. The lowest BCUT2D eigenvalue weighted by molar-refractivity contribution is -0.139. The number of likely N-dealkylation sites (N-methyl/N-ethyl adjacent to an activating group) is 1. The van der Waals surface area contributed by atoms with Gasteiger partial charge in [0, 0.05) is 12.6 Å². The molecule has 140 valence electrons. The number of likely N-dealkylation sites (tertiary alicyclic amines) is 1. The van der Waals surface area contributed by atoms with Crippen molar-refractivity contribution in [3.8, 4) is 5.75 Å². The van der Waals surface area contributed by atoms with E-state index in [1.54, 1.807) is 0 Å². The van der Waals surface area contributed by atoms with Crippen LogP contribution in [0.5, 0.6) is 5.75 Å². The quantitative estimate of drug-likeness (QED) is 0.696. The van der Waals surface area contributed by atoms with Crippen LogP contribution in [0.4, 0.5) is 0 Å². The third-order valence-corrected chi connectivity index (χ3v) is 4.90. The van der Waals surface area contributed by atoms with Crippen LogP contribution in [0.3, 0.4) is 0 Å². The van der Waals surface area contributed by atoms with Gasteiger partial charge >= 0.3 is 5.97 Å². The van der Waals surface area contributed by atoms with Crippen LogP contribution in [-0.4, -0.2) is 66.2 Å². The second kappa shape index (κ2) is 9.78. The van der Waals surface area contributed by atoms with Crippen LogP contribution in [0.1, 0.15) is 37.3 Å². The Balaban J connectivity index is 1.66. The molecule has 5 nitrogen and oxygen atoms in total. The highest BCUT2D eigenvalue weighted by Crippen LogP contribution is 2.18. The predicted octanol–water partition coefficient (Wildman–Crippen LogP) is 2.94. The van der Waals surface area contributed by atoms with Crippen molar-refractivity contribution in [2.24, 2.45) is 0 Å². The van der Waals surface area contributed by atoms with Crippen LogP contribution in [0.15, 0.2) is 18.2 Å². The van der Waals surface area contributed by atoms with Gasteiger partial charge < -0.3 is 14.7 Å². The number of piperidine rings is 1. The standard InChI is InChI=1S/C20H32N2O3/c1-4-22(15-20(23)24)18-6-9-21(10-7-18)8-5-11-25-19-13-16(2)12-17(3)14-19/h12-14,18H,4-11,15H2,1-3H3,(H,23,24). The second-order valence-corrected chi connectivity index (χ2v) is 7.06. The first-order chi connectivity index (χ1) is 12.0. The first-order valence-corrected chi connectivity index (χ1v) is 9.37. The van der Waals surface area contributed by atoms with E-state index in [4.69, 9.17) is 9.84 Å². The van der Waals surface area contributed by atoms with Gasteiger partial charge in [0.25, 0.3) is 0 Å². The summed E-state index contributed by atoms with van der Waals surface area (Å²) in [5.74, 6) is 0.233. The molecule has 0 aliphatic carbocycles. The molecule has 1 aromatic carbocycles. The van der Waals surface area contributed by atoms with Crippen molar-refractivity contribution in [1.29, 1.82) is 0 Å². The number of aryl methyl sites for hydroxylation is 2. The molecule has 0 unspecified atom stereocenters. The van der Waals surface area contributed by atoms with Crippen LogP contribution < -0.4 is 4.74 Å². The molecule has 5 heteroatoms. The van der Waals surface area contributed by atoms with Gasteiger partial charge in [-0.05, 0) is 76.0 Å². The van der Waals surface area contributed by atoms with E-state index in [1.807, 2.05) is 6.92 Å². The fourth-order valence-electron chi connectivity index (χ4n) is 3.68. The van der Waals surface area contributed by atoms with Crippen LogP contribution in [0.25, 0.3) is 0 Å². The van der Waals surface area contributed by atoms with E-state index in [2.05, 4.69) is 41.8 Å². The molecule has 1 N–H and O–H groups in total. The Labute approximate surface area is 151 Å². The normalized spacial score (nSPS) is 16.3. The number of hydrogen-bond donors (Lipinski definition) is 1. The number of carboxylic acids is 1. The van der Waals surface area contributed by atoms with Crippen molar-refractivity contribution in [3.05, 3.63) is 29.3 Å². The molecule has 1 aliphatic rings. The summed E-state index contributed by atoms with van der Waals surface area (Å²) in [6.45, 7) is 11.1. The summed E-state index contributed by atoms with van der Waals surface area (Å²) in [4.78, 5) is 15.5. The first-order valence-electron chi connectivity index (χ1n) is 9.37. The highest BCUT2D eigenvalue weighted by molar-refractivity contribution is 5.69. The van der Waals surface area contributed by atoms with E-state index in [1.165, 1.54) is 11.1 Å². The summed E-state index contributed by atoms with van der Waals surface area (Å²) in [7, 11) is 0. The maximum Gasteiger partial charge on any atom is 0.317 e. The molecule has 1 aliphatic heterocycles. The third-order valence-electron chi connectivity index (χ3n) is 4.90. The smallest absolute Gasteiger partial charge is 0.317 e. The SMILES string of the molecule is CCN(CC(=O)O)C1CCN(CCCOc2cc(C)cc(C)c2)CC1. The van der Waals surface area contributed by atoms with E-state index in [0.717, 1.165) is 57.8 Å². The number of nitrogens with zero attached hydrogens (tertiary/aromatic N) is 2. The van der Waals surface area contributed by atoms with Gasteiger partial charge in [0.1, 0.15) is 5.75 Å². The minimum atomic E-state index is -0.729. The molecule has 1 heterocycles. The van der Waals surface area contributed by atoms with Gasteiger partial charge in [-0.1, -0.05) is 13.0 Å². The van der Waals surface area contributed by atoms with Crippen LogP contribution in [0, 0.1) is 13.8 Å². The van der Waals surface area contributed by atoms with E-state index in [0.29, 0.717) is 6.04 Å². The molecule has 2 rings (SSSR count). The number of hydrogen-bond acceptors (Lipinski definition) is 4.